The van der Waals surface area contributed by atoms with Crippen LogP contribution in [0, 0.1) is 45.3 Å². The van der Waals surface area contributed by atoms with Crippen molar-refractivity contribution in [1.82, 2.24) is 0 Å². The molecule has 6 fully saturated rings. The van der Waals surface area contributed by atoms with E-state index in [1.165, 1.54) is 19.3 Å². The van der Waals surface area contributed by atoms with Crippen molar-refractivity contribution in [2.45, 2.75) is 58.5 Å². The number of ketones is 1. The summed E-state index contributed by atoms with van der Waals surface area (Å²) in [6, 6.07) is 0. The Labute approximate surface area is 143 Å². The highest BCUT2D eigenvalue weighted by molar-refractivity contribution is 5.81. The average molecular weight is 334 g/mol. The highest BCUT2D eigenvalue weighted by Crippen LogP contribution is 2.85. The number of Topliss-reactive ketones (excluding diaryl/α,β-unsaturated/α-hetero) is 1. The monoisotopic (exact) mass is 334 g/mol. The van der Waals surface area contributed by atoms with E-state index in [0.29, 0.717) is 17.8 Å². The first-order chi connectivity index (χ1) is 11.2. The molecule has 8 atom stereocenters. The Balaban J connectivity index is 1.61. The van der Waals surface area contributed by atoms with Gasteiger partial charge in [-0.05, 0) is 59.7 Å². The Morgan fingerprint density at radius 3 is 2.33 bits per heavy atom. The first kappa shape index (κ1) is 15.8. The van der Waals surface area contributed by atoms with Gasteiger partial charge in [0.25, 0.3) is 0 Å². The van der Waals surface area contributed by atoms with Gasteiger partial charge in [-0.3, -0.25) is 4.79 Å². The summed E-state index contributed by atoms with van der Waals surface area (Å²) >= 11 is 0. The number of aliphatic hydroxyl groups is 3. The summed E-state index contributed by atoms with van der Waals surface area (Å²) in [6.07, 6.45) is 4.61. The van der Waals surface area contributed by atoms with Crippen LogP contribution in [0.1, 0.15) is 52.4 Å². The summed E-state index contributed by atoms with van der Waals surface area (Å²) < 4.78 is 0. The van der Waals surface area contributed by atoms with Crippen LogP contribution in [0.5, 0.6) is 0 Å². The molecular weight excluding hydrogens is 304 g/mol. The van der Waals surface area contributed by atoms with Gasteiger partial charge in [-0.15, -0.1) is 0 Å². The summed E-state index contributed by atoms with van der Waals surface area (Å²) in [7, 11) is 0. The third kappa shape index (κ3) is 1.51. The quantitative estimate of drug-likeness (QED) is 0.719. The predicted molar refractivity (Wildman–Crippen MR) is 87.9 cm³/mol. The lowest BCUT2D eigenvalue weighted by Gasteiger charge is -2.66. The lowest BCUT2D eigenvalue weighted by atomic mass is 9.38. The van der Waals surface area contributed by atoms with Gasteiger partial charge in [0, 0.05) is 24.2 Å². The van der Waals surface area contributed by atoms with E-state index < -0.39 is 11.5 Å². The number of hydrogen-bond acceptors (Lipinski definition) is 4. The van der Waals surface area contributed by atoms with Gasteiger partial charge in [-0.25, -0.2) is 0 Å². The summed E-state index contributed by atoms with van der Waals surface area (Å²) in [5.41, 5.74) is -0.456. The molecule has 0 aromatic heterocycles. The van der Waals surface area contributed by atoms with Crippen LogP contribution in [-0.2, 0) is 4.79 Å². The number of fused-ring (bicyclic) bond motifs is 1. The van der Waals surface area contributed by atoms with Gasteiger partial charge in [0.05, 0.1) is 19.3 Å². The molecule has 3 N–H and O–H groups in total. The molecule has 6 rings (SSSR count). The van der Waals surface area contributed by atoms with Crippen LogP contribution >= 0.6 is 0 Å². The van der Waals surface area contributed by atoms with Crippen LogP contribution in [0.25, 0.3) is 0 Å². The highest BCUT2D eigenvalue weighted by atomic mass is 16.3. The molecule has 0 amide bonds. The summed E-state index contributed by atoms with van der Waals surface area (Å²) in [4.78, 5) is 12.6. The van der Waals surface area contributed by atoms with Crippen LogP contribution in [0.15, 0.2) is 0 Å². The van der Waals surface area contributed by atoms with Crippen molar-refractivity contribution in [1.29, 1.82) is 0 Å². The van der Waals surface area contributed by atoms with Crippen LogP contribution in [0.3, 0.4) is 0 Å². The van der Waals surface area contributed by atoms with E-state index in [4.69, 9.17) is 0 Å². The average Bonchev–Trinajstić information content (AvgIpc) is 2.96. The van der Waals surface area contributed by atoms with E-state index in [2.05, 4.69) is 13.8 Å². The molecule has 0 aromatic carbocycles. The lowest BCUT2D eigenvalue weighted by Crippen LogP contribution is -2.66. The minimum absolute atomic E-state index is 0.154. The number of hydrogen-bond donors (Lipinski definition) is 3. The van der Waals surface area contributed by atoms with E-state index in [-0.39, 0.29) is 42.2 Å². The van der Waals surface area contributed by atoms with Crippen molar-refractivity contribution in [3.05, 3.63) is 0 Å². The van der Waals surface area contributed by atoms with Crippen LogP contribution < -0.4 is 0 Å². The van der Waals surface area contributed by atoms with Gasteiger partial charge >= 0.3 is 0 Å². The molecular formula is C20H30O4. The van der Waals surface area contributed by atoms with Crippen molar-refractivity contribution >= 4 is 5.78 Å². The molecule has 0 aliphatic heterocycles. The summed E-state index contributed by atoms with van der Waals surface area (Å²) in [5.74, 6) is 2.07. The molecule has 0 aromatic rings. The zero-order valence-corrected chi connectivity index (χ0v) is 14.8. The van der Waals surface area contributed by atoms with E-state index in [1.54, 1.807) is 0 Å². The Morgan fingerprint density at radius 1 is 1.04 bits per heavy atom. The maximum absolute atomic E-state index is 12.6. The van der Waals surface area contributed by atoms with Gasteiger partial charge in [0.15, 0.2) is 0 Å². The number of carbonyl (C=O) groups is 1. The van der Waals surface area contributed by atoms with Crippen LogP contribution in [0.2, 0.25) is 0 Å². The number of rotatable bonds is 2. The molecule has 0 unspecified atom stereocenters. The SMILES string of the molecule is C[C@]12C[C@]34C[C@@H]1[C@@H]2C[C@@H]3[C@]1(C)CC(=O)CC(CO)(CO)[C@H]1[C@@H](O)C4. The largest absolute Gasteiger partial charge is 0.396 e. The molecule has 4 bridgehead atoms. The molecule has 6 saturated carbocycles. The zero-order valence-electron chi connectivity index (χ0n) is 14.8. The standard InChI is InChI=1S/C20H30O4/c1-17-4-11(23)5-20(9-21,10-22)16(17)14(24)7-19-6-13-12(3-15(17)19)18(13,2)8-19/h12-16,21-22,24H,3-10H2,1-2H3/t12-,13+,14-,15+,16-,17-,18+,19+/m0/s1. The summed E-state index contributed by atoms with van der Waals surface area (Å²) in [5, 5.41) is 31.3. The van der Waals surface area contributed by atoms with Gasteiger partial charge in [-0.1, -0.05) is 13.8 Å². The maximum atomic E-state index is 12.6. The Bertz CT molecular complexity index is 613. The van der Waals surface area contributed by atoms with Crippen molar-refractivity contribution in [3.63, 3.8) is 0 Å². The van der Waals surface area contributed by atoms with Gasteiger partial charge in [-0.2, -0.15) is 0 Å². The van der Waals surface area contributed by atoms with Crippen molar-refractivity contribution in [2.24, 2.45) is 45.3 Å². The second-order valence-electron chi connectivity index (χ2n) is 10.6. The maximum Gasteiger partial charge on any atom is 0.134 e. The van der Waals surface area contributed by atoms with Crippen LogP contribution in [0.4, 0.5) is 0 Å². The minimum Gasteiger partial charge on any atom is -0.396 e. The molecule has 1 spiro atoms. The lowest BCUT2D eigenvalue weighted by molar-refractivity contribution is -0.225. The van der Waals surface area contributed by atoms with Crippen molar-refractivity contribution in [3.8, 4) is 0 Å². The third-order valence-electron chi connectivity index (χ3n) is 9.58. The Morgan fingerprint density at radius 2 is 1.75 bits per heavy atom. The topological polar surface area (TPSA) is 77.8 Å². The molecule has 6 aliphatic carbocycles. The Kier molecular flexibility index (Phi) is 2.80. The van der Waals surface area contributed by atoms with E-state index in [0.717, 1.165) is 18.3 Å². The summed E-state index contributed by atoms with van der Waals surface area (Å²) in [6.45, 7) is 4.18. The van der Waals surface area contributed by atoms with E-state index in [9.17, 15) is 20.1 Å². The fourth-order valence-electron chi connectivity index (χ4n) is 9.02. The van der Waals surface area contributed by atoms with Gasteiger partial charge < -0.3 is 15.3 Å². The molecule has 6 aliphatic rings. The molecule has 0 radical (unpaired) electrons. The normalized spacial score (nSPS) is 59.7. The Hall–Kier alpha value is -0.450. The predicted octanol–water partition coefficient (Wildman–Crippen LogP) is 1.76. The fraction of sp³-hybridized carbons (Fsp3) is 0.950. The molecule has 24 heavy (non-hydrogen) atoms. The number of aliphatic hydroxyl groups excluding tert-OH is 3. The van der Waals surface area contributed by atoms with Crippen LogP contribution in [-0.4, -0.2) is 40.4 Å². The fourth-order valence-corrected chi connectivity index (χ4v) is 9.02. The number of carbonyl (C=O) groups excluding carboxylic acids is 1. The third-order valence-corrected chi connectivity index (χ3v) is 9.58. The van der Waals surface area contributed by atoms with E-state index >= 15 is 0 Å². The van der Waals surface area contributed by atoms with Crippen molar-refractivity contribution in [2.75, 3.05) is 13.2 Å². The first-order valence-corrected chi connectivity index (χ1v) is 9.66. The highest BCUT2D eigenvalue weighted by Gasteiger charge is 2.79. The second kappa shape index (κ2) is 4.27. The molecule has 0 heterocycles. The van der Waals surface area contributed by atoms with Gasteiger partial charge in [0.1, 0.15) is 5.78 Å². The van der Waals surface area contributed by atoms with Gasteiger partial charge in [0.2, 0.25) is 0 Å². The van der Waals surface area contributed by atoms with Crippen molar-refractivity contribution < 1.29 is 20.1 Å². The van der Waals surface area contributed by atoms with E-state index in [1.807, 2.05) is 0 Å². The molecule has 134 valence electrons. The molecule has 4 nitrogen and oxygen atoms in total. The molecule has 0 saturated heterocycles. The second-order valence-corrected chi connectivity index (χ2v) is 10.6. The smallest absolute Gasteiger partial charge is 0.134 e. The first-order valence-electron chi connectivity index (χ1n) is 9.66. The molecule has 4 heteroatoms. The minimum atomic E-state index is -0.849. The zero-order chi connectivity index (χ0) is 17.1.